The van der Waals surface area contributed by atoms with Gasteiger partial charge in [-0.05, 0) is 43.2 Å². The number of carbonyl (C=O) groups is 2. The zero-order valence-corrected chi connectivity index (χ0v) is 20.9. The van der Waals surface area contributed by atoms with Gasteiger partial charge in [-0.1, -0.05) is 30.7 Å². The average Bonchev–Trinajstić information content (AvgIpc) is 3.26. The molecule has 184 valence electrons. The zero-order chi connectivity index (χ0) is 24.9. The number of fused-ring (bicyclic) bond motifs is 1. The van der Waals surface area contributed by atoms with Crippen LogP contribution in [0.2, 0.25) is 5.02 Å². The molecular formula is C23H28ClN3O6S. The van der Waals surface area contributed by atoms with Crippen LogP contribution in [0.15, 0.2) is 42.5 Å². The normalized spacial score (nSPS) is 13.3. The van der Waals surface area contributed by atoms with E-state index >= 15 is 0 Å². The third-order valence-corrected chi connectivity index (χ3v) is 6.66. The first kappa shape index (κ1) is 25.6. The largest absolute Gasteiger partial charge is 0.454 e. The fraction of sp³-hybridized carbons (Fsp3) is 0.391. The summed E-state index contributed by atoms with van der Waals surface area (Å²) in [5, 5.41) is 3.28. The Morgan fingerprint density at radius 1 is 1.15 bits per heavy atom. The maximum absolute atomic E-state index is 13.5. The second kappa shape index (κ2) is 11.0. The van der Waals surface area contributed by atoms with E-state index in [1.54, 1.807) is 43.3 Å². The number of benzene rings is 2. The Morgan fingerprint density at radius 3 is 2.56 bits per heavy atom. The van der Waals surface area contributed by atoms with Crippen LogP contribution in [0, 0.1) is 0 Å². The van der Waals surface area contributed by atoms with Crippen LogP contribution in [0.5, 0.6) is 11.5 Å². The van der Waals surface area contributed by atoms with Gasteiger partial charge in [0.25, 0.3) is 0 Å². The predicted octanol–water partition coefficient (Wildman–Crippen LogP) is 2.78. The summed E-state index contributed by atoms with van der Waals surface area (Å²) in [6.45, 7) is 3.63. The number of amides is 2. The van der Waals surface area contributed by atoms with Crippen LogP contribution in [0.3, 0.4) is 0 Å². The van der Waals surface area contributed by atoms with Crippen LogP contribution in [0.25, 0.3) is 0 Å². The van der Waals surface area contributed by atoms with Gasteiger partial charge < -0.3 is 19.7 Å². The first-order valence-corrected chi connectivity index (χ1v) is 13.0. The highest BCUT2D eigenvalue weighted by Crippen LogP contribution is 2.36. The molecule has 3 rings (SSSR count). The number of hydrogen-bond donors (Lipinski definition) is 1. The Labute approximate surface area is 204 Å². The third-order valence-electron chi connectivity index (χ3n) is 5.28. The van der Waals surface area contributed by atoms with Crippen LogP contribution >= 0.6 is 11.6 Å². The number of rotatable bonds is 10. The van der Waals surface area contributed by atoms with Crippen molar-refractivity contribution in [2.24, 2.45) is 0 Å². The molecule has 2 amide bonds. The number of carbonyl (C=O) groups excluding carboxylic acids is 2. The molecule has 1 atom stereocenters. The summed E-state index contributed by atoms with van der Waals surface area (Å²) in [5.74, 6) is 0.0162. The lowest BCUT2D eigenvalue weighted by Gasteiger charge is -2.31. The van der Waals surface area contributed by atoms with Crippen molar-refractivity contribution >= 4 is 39.1 Å². The summed E-state index contributed by atoms with van der Waals surface area (Å²) in [7, 11) is -3.84. The zero-order valence-electron chi connectivity index (χ0n) is 19.3. The quantitative estimate of drug-likeness (QED) is 0.528. The minimum atomic E-state index is -3.84. The van der Waals surface area contributed by atoms with E-state index in [9.17, 15) is 18.0 Å². The standard InChI is InChI=1S/C23H28ClN3O6S/c1-4-10-25-23(29)16(2)26(13-17-6-5-7-18(24)11-17)22(28)14-27(34(3,30)31)19-8-9-20-21(12-19)33-15-32-20/h5-9,11-12,16H,4,10,13-15H2,1-3H3,(H,25,29)/t16-/m1/s1. The molecule has 0 spiro atoms. The molecule has 0 bridgehead atoms. The highest BCUT2D eigenvalue weighted by atomic mass is 35.5. The summed E-state index contributed by atoms with van der Waals surface area (Å²) in [4.78, 5) is 27.5. The number of ether oxygens (including phenoxy) is 2. The van der Waals surface area contributed by atoms with E-state index in [1.807, 2.05) is 6.92 Å². The second-order valence-corrected chi connectivity index (χ2v) is 10.3. The molecule has 2 aromatic rings. The Balaban J connectivity index is 1.90. The van der Waals surface area contributed by atoms with E-state index in [0.717, 1.165) is 17.0 Å². The Kier molecular flexibility index (Phi) is 8.27. The average molecular weight is 510 g/mol. The monoisotopic (exact) mass is 509 g/mol. The fourth-order valence-electron chi connectivity index (χ4n) is 3.46. The molecule has 0 saturated heterocycles. The molecule has 0 unspecified atom stereocenters. The molecular weight excluding hydrogens is 482 g/mol. The molecule has 1 N–H and O–H groups in total. The van der Waals surface area contributed by atoms with E-state index in [4.69, 9.17) is 21.1 Å². The van der Waals surface area contributed by atoms with Gasteiger partial charge in [0.1, 0.15) is 12.6 Å². The fourth-order valence-corrected chi connectivity index (χ4v) is 4.52. The SMILES string of the molecule is CCCNC(=O)[C@@H](C)N(Cc1cccc(Cl)c1)C(=O)CN(c1ccc2c(c1)OCO2)S(C)(=O)=O. The van der Waals surface area contributed by atoms with Crippen molar-refractivity contribution in [3.63, 3.8) is 0 Å². The third kappa shape index (κ3) is 6.32. The van der Waals surface area contributed by atoms with Crippen molar-refractivity contribution in [2.75, 3.05) is 30.4 Å². The lowest BCUT2D eigenvalue weighted by molar-refractivity contribution is -0.139. The highest BCUT2D eigenvalue weighted by molar-refractivity contribution is 7.92. The van der Waals surface area contributed by atoms with E-state index < -0.39 is 28.5 Å². The Hall–Kier alpha value is -2.98. The molecule has 0 radical (unpaired) electrons. The molecule has 1 aliphatic rings. The van der Waals surface area contributed by atoms with Crippen molar-refractivity contribution in [3.8, 4) is 11.5 Å². The molecule has 0 aromatic heterocycles. The van der Waals surface area contributed by atoms with Gasteiger partial charge in [0.05, 0.1) is 11.9 Å². The molecule has 34 heavy (non-hydrogen) atoms. The van der Waals surface area contributed by atoms with E-state index in [2.05, 4.69) is 5.32 Å². The Morgan fingerprint density at radius 2 is 1.88 bits per heavy atom. The van der Waals surface area contributed by atoms with Gasteiger partial charge in [0, 0.05) is 24.2 Å². The lowest BCUT2D eigenvalue weighted by atomic mass is 10.1. The first-order valence-electron chi connectivity index (χ1n) is 10.8. The molecule has 0 saturated carbocycles. The molecule has 1 aliphatic heterocycles. The van der Waals surface area contributed by atoms with Crippen LogP contribution in [0.4, 0.5) is 5.69 Å². The highest BCUT2D eigenvalue weighted by Gasteiger charge is 2.30. The summed E-state index contributed by atoms with van der Waals surface area (Å²) < 4.78 is 36.9. The second-order valence-electron chi connectivity index (χ2n) is 7.93. The molecule has 2 aromatic carbocycles. The molecule has 9 nitrogen and oxygen atoms in total. The van der Waals surface area contributed by atoms with Gasteiger partial charge in [-0.3, -0.25) is 13.9 Å². The minimum absolute atomic E-state index is 0.0361. The van der Waals surface area contributed by atoms with Gasteiger partial charge in [-0.15, -0.1) is 0 Å². The van der Waals surface area contributed by atoms with Crippen LogP contribution in [-0.2, 0) is 26.2 Å². The number of nitrogens with zero attached hydrogens (tertiary/aromatic N) is 2. The van der Waals surface area contributed by atoms with E-state index in [0.29, 0.717) is 28.6 Å². The van der Waals surface area contributed by atoms with E-state index in [-0.39, 0.29) is 24.9 Å². The number of halogens is 1. The maximum Gasteiger partial charge on any atom is 0.244 e. The Bertz CT molecular complexity index is 1160. The van der Waals surface area contributed by atoms with Gasteiger partial charge in [0.2, 0.25) is 28.6 Å². The number of anilines is 1. The molecule has 11 heteroatoms. The van der Waals surface area contributed by atoms with Gasteiger partial charge in [-0.25, -0.2) is 8.42 Å². The van der Waals surface area contributed by atoms with Crippen molar-refractivity contribution in [1.82, 2.24) is 10.2 Å². The van der Waals surface area contributed by atoms with Gasteiger partial charge >= 0.3 is 0 Å². The molecule has 0 fully saturated rings. The van der Waals surface area contributed by atoms with Crippen molar-refractivity contribution in [2.45, 2.75) is 32.9 Å². The summed E-state index contributed by atoms with van der Waals surface area (Å²) in [6.07, 6.45) is 1.76. The number of hydrogen-bond acceptors (Lipinski definition) is 6. The number of sulfonamides is 1. The molecule has 1 heterocycles. The van der Waals surface area contributed by atoms with Crippen LogP contribution in [0.1, 0.15) is 25.8 Å². The van der Waals surface area contributed by atoms with Crippen molar-refractivity contribution in [3.05, 3.63) is 53.1 Å². The summed E-state index contributed by atoms with van der Waals surface area (Å²) in [5.41, 5.74) is 0.968. The van der Waals surface area contributed by atoms with Gasteiger partial charge in [-0.2, -0.15) is 0 Å². The van der Waals surface area contributed by atoms with Gasteiger partial charge in [0.15, 0.2) is 11.5 Å². The van der Waals surface area contributed by atoms with E-state index in [1.165, 1.54) is 11.0 Å². The first-order chi connectivity index (χ1) is 16.1. The maximum atomic E-state index is 13.5. The van der Waals surface area contributed by atoms with Crippen molar-refractivity contribution < 1.29 is 27.5 Å². The summed E-state index contributed by atoms with van der Waals surface area (Å²) in [6, 6.07) is 10.7. The van der Waals surface area contributed by atoms with Crippen LogP contribution in [-0.4, -0.2) is 57.3 Å². The molecule has 0 aliphatic carbocycles. The van der Waals surface area contributed by atoms with Crippen LogP contribution < -0.4 is 19.1 Å². The predicted molar refractivity (Wildman–Crippen MR) is 130 cm³/mol. The van der Waals surface area contributed by atoms with Crippen molar-refractivity contribution in [1.29, 1.82) is 0 Å². The smallest absolute Gasteiger partial charge is 0.244 e. The number of nitrogens with one attached hydrogen (secondary N) is 1. The lowest BCUT2D eigenvalue weighted by Crippen LogP contribution is -2.51. The minimum Gasteiger partial charge on any atom is -0.454 e. The topological polar surface area (TPSA) is 105 Å². The summed E-state index contributed by atoms with van der Waals surface area (Å²) >= 11 is 6.10.